The van der Waals surface area contributed by atoms with E-state index in [4.69, 9.17) is 13.9 Å². The van der Waals surface area contributed by atoms with Crippen molar-refractivity contribution in [1.29, 1.82) is 0 Å². The van der Waals surface area contributed by atoms with Gasteiger partial charge in [-0.1, -0.05) is 33.4 Å². The summed E-state index contributed by atoms with van der Waals surface area (Å²) in [6, 6.07) is -1.02. The first kappa shape index (κ1) is 27.2. The number of allylic oxidation sites excluding steroid dienone is 1. The molecule has 0 aromatic carbocycles. The second kappa shape index (κ2) is 10.2. The van der Waals surface area contributed by atoms with Gasteiger partial charge in [0, 0.05) is 6.92 Å². The monoisotopic (exact) mass is 465 g/mol. The summed E-state index contributed by atoms with van der Waals surface area (Å²) in [5, 5.41) is 1.95. The number of ether oxygens (including phenoxy) is 2. The Hall–Kier alpha value is -1.81. The number of esters is 1. The SMILES string of the molecule is C=C(/C=C/C[C@H]1C[C@H](NC(=O)C(F)(F)F)[C@H](OC(C)=O)[C@H](C)O1)O[Si](C)(C)C(C)(C)C. The van der Waals surface area contributed by atoms with Crippen LogP contribution in [0.1, 0.15) is 47.5 Å². The van der Waals surface area contributed by atoms with Crippen molar-refractivity contribution in [1.82, 2.24) is 5.32 Å². The van der Waals surface area contributed by atoms with Gasteiger partial charge < -0.3 is 19.2 Å². The van der Waals surface area contributed by atoms with E-state index in [2.05, 4.69) is 40.4 Å². The molecule has 1 amide bonds. The Morgan fingerprint density at radius 1 is 1.26 bits per heavy atom. The van der Waals surface area contributed by atoms with Crippen molar-refractivity contribution in [3.63, 3.8) is 0 Å². The minimum Gasteiger partial charge on any atom is -0.544 e. The highest BCUT2D eigenvalue weighted by Crippen LogP contribution is 2.37. The fourth-order valence-electron chi connectivity index (χ4n) is 2.96. The van der Waals surface area contributed by atoms with Crippen molar-refractivity contribution < 1.29 is 36.7 Å². The van der Waals surface area contributed by atoms with Crippen molar-refractivity contribution in [2.45, 2.75) is 96.1 Å². The molecule has 4 atom stereocenters. The average Bonchev–Trinajstić information content (AvgIpc) is 2.55. The van der Waals surface area contributed by atoms with Gasteiger partial charge in [0.15, 0.2) is 0 Å². The third-order valence-corrected chi connectivity index (χ3v) is 9.94. The molecule has 0 aromatic heterocycles. The number of nitrogens with one attached hydrogen (secondary N) is 1. The first-order valence-corrected chi connectivity index (χ1v) is 13.1. The van der Waals surface area contributed by atoms with E-state index < -0.39 is 50.7 Å². The summed E-state index contributed by atoms with van der Waals surface area (Å²) in [5.74, 6) is -2.23. The third kappa shape index (κ3) is 8.32. The minimum absolute atomic E-state index is 0.0152. The van der Waals surface area contributed by atoms with Gasteiger partial charge in [0.2, 0.25) is 8.32 Å². The summed E-state index contributed by atoms with van der Waals surface area (Å²) >= 11 is 0. The Morgan fingerprint density at radius 3 is 2.32 bits per heavy atom. The van der Waals surface area contributed by atoms with Gasteiger partial charge in [0.25, 0.3) is 0 Å². The van der Waals surface area contributed by atoms with Crippen LogP contribution in [0, 0.1) is 0 Å². The molecular formula is C21H34F3NO5Si. The lowest BCUT2D eigenvalue weighted by atomic mass is 9.94. The lowest BCUT2D eigenvalue weighted by molar-refractivity contribution is -0.185. The van der Waals surface area contributed by atoms with Crippen LogP contribution in [0.2, 0.25) is 18.1 Å². The summed E-state index contributed by atoms with van der Waals surface area (Å²) in [6.45, 7) is 17.2. The molecular weight excluding hydrogens is 431 g/mol. The van der Waals surface area contributed by atoms with Crippen LogP contribution >= 0.6 is 0 Å². The van der Waals surface area contributed by atoms with Gasteiger partial charge in [-0.15, -0.1) is 0 Å². The van der Waals surface area contributed by atoms with Crippen LogP contribution in [0.15, 0.2) is 24.5 Å². The lowest BCUT2D eigenvalue weighted by Gasteiger charge is -2.40. The lowest BCUT2D eigenvalue weighted by Crippen LogP contribution is -2.58. The largest absolute Gasteiger partial charge is 0.544 e. The van der Waals surface area contributed by atoms with Crippen LogP contribution in [0.3, 0.4) is 0 Å². The van der Waals surface area contributed by atoms with Gasteiger partial charge in [0.1, 0.15) is 6.10 Å². The van der Waals surface area contributed by atoms with Crippen LogP contribution in [-0.4, -0.2) is 50.7 Å². The van der Waals surface area contributed by atoms with Gasteiger partial charge in [-0.3, -0.25) is 9.59 Å². The number of hydrogen-bond acceptors (Lipinski definition) is 5. The van der Waals surface area contributed by atoms with E-state index >= 15 is 0 Å². The molecule has 0 spiro atoms. The first-order valence-electron chi connectivity index (χ1n) is 10.2. The zero-order chi connectivity index (χ0) is 24.2. The smallest absolute Gasteiger partial charge is 0.471 e. The molecule has 0 unspecified atom stereocenters. The third-order valence-electron chi connectivity index (χ3n) is 5.55. The second-order valence-electron chi connectivity index (χ2n) is 9.32. The topological polar surface area (TPSA) is 73.9 Å². The molecule has 1 rings (SSSR count). The van der Waals surface area contributed by atoms with Crippen molar-refractivity contribution in [3.05, 3.63) is 24.5 Å². The standard InChI is InChI=1S/C21H34F3NO5Si/c1-13(30-31(7,8)20(4,5)6)10-9-11-16-12-17(25-19(27)21(22,23)24)18(14(2)28-16)29-15(3)26/h9-10,14,16-18H,1,11-12H2,2-8H3,(H,25,27)/b10-9+/t14-,16-,17-,18+/m0/s1. The highest BCUT2D eigenvalue weighted by atomic mass is 28.4. The number of halogens is 3. The molecule has 1 fully saturated rings. The molecule has 10 heteroatoms. The summed E-state index contributed by atoms with van der Waals surface area (Å²) in [6.07, 6.45) is -3.28. The highest BCUT2D eigenvalue weighted by Gasteiger charge is 2.45. The Kier molecular flexibility index (Phi) is 8.96. The summed E-state index contributed by atoms with van der Waals surface area (Å²) in [5.41, 5.74) is 0. The van der Waals surface area contributed by atoms with Crippen LogP contribution in [0.25, 0.3) is 0 Å². The van der Waals surface area contributed by atoms with Crippen molar-refractivity contribution >= 4 is 20.2 Å². The van der Waals surface area contributed by atoms with Gasteiger partial charge in [0.05, 0.1) is 24.0 Å². The first-order chi connectivity index (χ1) is 13.9. The minimum atomic E-state index is -5.03. The predicted molar refractivity (Wildman–Crippen MR) is 114 cm³/mol. The van der Waals surface area contributed by atoms with E-state index in [1.165, 1.54) is 0 Å². The summed E-state index contributed by atoms with van der Waals surface area (Å²) in [7, 11) is -2.03. The molecule has 0 aliphatic carbocycles. The van der Waals surface area contributed by atoms with Crippen LogP contribution in [0.4, 0.5) is 13.2 Å². The normalized spacial score (nSPS) is 25.2. The number of amides is 1. The van der Waals surface area contributed by atoms with Crippen molar-refractivity contribution in [2.24, 2.45) is 0 Å². The molecule has 1 heterocycles. The van der Waals surface area contributed by atoms with Gasteiger partial charge in [-0.2, -0.15) is 13.2 Å². The number of rotatable bonds is 7. The zero-order valence-corrected chi connectivity index (χ0v) is 20.3. The van der Waals surface area contributed by atoms with Crippen LogP contribution < -0.4 is 5.32 Å². The summed E-state index contributed by atoms with van der Waals surface area (Å²) in [4.78, 5) is 22.8. The van der Waals surface area contributed by atoms with E-state index in [9.17, 15) is 22.8 Å². The van der Waals surface area contributed by atoms with E-state index in [1.54, 1.807) is 19.1 Å². The van der Waals surface area contributed by atoms with E-state index in [-0.39, 0.29) is 11.5 Å². The maximum atomic E-state index is 12.7. The molecule has 6 nitrogen and oxygen atoms in total. The maximum absolute atomic E-state index is 12.7. The fraction of sp³-hybridized carbons (Fsp3) is 0.714. The molecule has 1 aliphatic heterocycles. The quantitative estimate of drug-likeness (QED) is 0.257. The molecule has 0 radical (unpaired) electrons. The zero-order valence-electron chi connectivity index (χ0n) is 19.3. The van der Waals surface area contributed by atoms with E-state index in [1.807, 2.05) is 5.32 Å². The molecule has 0 aromatic rings. The van der Waals surface area contributed by atoms with Crippen LogP contribution in [-0.2, 0) is 23.5 Å². The van der Waals surface area contributed by atoms with E-state index in [0.717, 1.165) is 6.92 Å². The number of alkyl halides is 3. The molecule has 1 saturated heterocycles. The molecule has 178 valence electrons. The Labute approximate surface area is 183 Å². The maximum Gasteiger partial charge on any atom is 0.471 e. The molecule has 0 bridgehead atoms. The van der Waals surface area contributed by atoms with Crippen molar-refractivity contribution in [3.8, 4) is 0 Å². The second-order valence-corrected chi connectivity index (χ2v) is 14.0. The molecule has 1 N–H and O–H groups in total. The fourth-order valence-corrected chi connectivity index (χ4v) is 3.99. The molecule has 0 saturated carbocycles. The Balaban J connectivity index is 2.81. The van der Waals surface area contributed by atoms with Gasteiger partial charge >= 0.3 is 18.1 Å². The predicted octanol–water partition coefficient (Wildman–Crippen LogP) is 4.62. The number of carbonyl (C=O) groups excluding carboxylic acids is 2. The number of hydrogen-bond donors (Lipinski definition) is 1. The van der Waals surface area contributed by atoms with Gasteiger partial charge in [-0.25, -0.2) is 0 Å². The van der Waals surface area contributed by atoms with E-state index in [0.29, 0.717) is 12.2 Å². The Bertz CT molecular complexity index is 700. The molecule has 1 aliphatic rings. The number of carbonyl (C=O) groups is 2. The molecule has 31 heavy (non-hydrogen) atoms. The summed E-state index contributed by atoms with van der Waals surface area (Å²) < 4.78 is 55.1. The van der Waals surface area contributed by atoms with Gasteiger partial charge in [-0.05, 0) is 44.0 Å². The Morgan fingerprint density at radius 2 is 1.84 bits per heavy atom. The average molecular weight is 466 g/mol. The van der Waals surface area contributed by atoms with Crippen LogP contribution in [0.5, 0.6) is 0 Å². The van der Waals surface area contributed by atoms with Crippen molar-refractivity contribution in [2.75, 3.05) is 0 Å². The highest BCUT2D eigenvalue weighted by molar-refractivity contribution is 6.74.